The Morgan fingerprint density at radius 3 is 2.52 bits per heavy atom. The van der Waals surface area contributed by atoms with Crippen LogP contribution >= 0.6 is 0 Å². The maximum absolute atomic E-state index is 12.3. The van der Waals surface area contributed by atoms with Gasteiger partial charge in [-0.3, -0.25) is 19.7 Å². The van der Waals surface area contributed by atoms with Gasteiger partial charge >= 0.3 is 5.69 Å². The molecule has 2 aromatic rings. The summed E-state index contributed by atoms with van der Waals surface area (Å²) in [5.74, 6) is -0.0625. The molecule has 1 atom stereocenters. The number of carbonyl (C=O) groups is 2. The lowest BCUT2D eigenvalue weighted by Crippen LogP contribution is -2.33. The Morgan fingerprint density at radius 1 is 1.22 bits per heavy atom. The second kappa shape index (κ2) is 9.47. The molecule has 0 heterocycles. The number of nitrogens with one attached hydrogen (secondary N) is 1. The lowest BCUT2D eigenvalue weighted by Gasteiger charge is -2.21. The lowest BCUT2D eigenvalue weighted by atomic mass is 9.97. The number of benzene rings is 2. The zero-order chi connectivity index (χ0) is 19.8. The first-order valence-electron chi connectivity index (χ1n) is 8.61. The molecule has 142 valence electrons. The van der Waals surface area contributed by atoms with Gasteiger partial charge in [0.15, 0.2) is 12.4 Å². The van der Waals surface area contributed by atoms with Gasteiger partial charge in [-0.1, -0.05) is 44.2 Å². The first kappa shape index (κ1) is 20.1. The van der Waals surface area contributed by atoms with E-state index < -0.39 is 4.92 Å². The van der Waals surface area contributed by atoms with E-state index in [1.165, 1.54) is 12.1 Å². The van der Waals surface area contributed by atoms with E-state index in [9.17, 15) is 19.7 Å². The molecule has 0 unspecified atom stereocenters. The van der Waals surface area contributed by atoms with Crippen LogP contribution in [0.25, 0.3) is 0 Å². The van der Waals surface area contributed by atoms with E-state index in [0.29, 0.717) is 12.2 Å². The van der Waals surface area contributed by atoms with Gasteiger partial charge < -0.3 is 10.1 Å². The minimum Gasteiger partial charge on any atom is -0.477 e. The van der Waals surface area contributed by atoms with Crippen molar-refractivity contribution in [3.8, 4) is 5.75 Å². The second-order valence-corrected chi connectivity index (χ2v) is 6.55. The first-order valence-corrected chi connectivity index (χ1v) is 8.61. The van der Waals surface area contributed by atoms with Crippen molar-refractivity contribution in [2.75, 3.05) is 6.61 Å². The zero-order valence-electron chi connectivity index (χ0n) is 15.3. The molecule has 0 fully saturated rings. The second-order valence-electron chi connectivity index (χ2n) is 6.55. The fraction of sp³-hybridized carbons (Fsp3) is 0.300. The van der Waals surface area contributed by atoms with Crippen LogP contribution in [0.2, 0.25) is 0 Å². The van der Waals surface area contributed by atoms with Gasteiger partial charge in [-0.25, -0.2) is 0 Å². The Bertz CT molecular complexity index is 805. The Morgan fingerprint density at radius 2 is 1.93 bits per heavy atom. The number of aldehydes is 1. The highest BCUT2D eigenvalue weighted by molar-refractivity contribution is 5.79. The van der Waals surface area contributed by atoms with E-state index in [4.69, 9.17) is 4.74 Å². The summed E-state index contributed by atoms with van der Waals surface area (Å²) in [4.78, 5) is 33.6. The summed E-state index contributed by atoms with van der Waals surface area (Å²) in [5, 5.41) is 14.0. The standard InChI is InChI=1S/C20H22N2O5/c1-14(2)10-17(16-6-4-3-5-7-16)21-20(24)13-27-19-9-8-15(12-23)11-18(19)22(25)26/h3-9,11-12,14,17H,10,13H2,1-2H3,(H,21,24)/t17-/m1/s1. The Balaban J connectivity index is 2.06. The zero-order valence-corrected chi connectivity index (χ0v) is 15.3. The molecular weight excluding hydrogens is 348 g/mol. The first-order chi connectivity index (χ1) is 12.9. The van der Waals surface area contributed by atoms with Crippen LogP contribution in [0, 0.1) is 16.0 Å². The molecule has 0 aliphatic carbocycles. The van der Waals surface area contributed by atoms with Gasteiger partial charge in [-0.15, -0.1) is 0 Å². The lowest BCUT2D eigenvalue weighted by molar-refractivity contribution is -0.385. The van der Waals surface area contributed by atoms with Gasteiger partial charge in [0.2, 0.25) is 0 Å². The van der Waals surface area contributed by atoms with Crippen LogP contribution in [-0.4, -0.2) is 23.7 Å². The fourth-order valence-electron chi connectivity index (χ4n) is 2.69. The molecule has 7 nitrogen and oxygen atoms in total. The molecule has 0 radical (unpaired) electrons. The highest BCUT2D eigenvalue weighted by Crippen LogP contribution is 2.27. The van der Waals surface area contributed by atoms with E-state index in [1.807, 2.05) is 30.3 Å². The number of carbonyl (C=O) groups excluding carboxylic acids is 2. The van der Waals surface area contributed by atoms with Crippen molar-refractivity contribution in [1.29, 1.82) is 0 Å². The van der Waals surface area contributed by atoms with Crippen molar-refractivity contribution < 1.29 is 19.2 Å². The monoisotopic (exact) mass is 370 g/mol. The SMILES string of the molecule is CC(C)C[C@@H](NC(=O)COc1ccc(C=O)cc1[N+](=O)[O-])c1ccccc1. The van der Waals surface area contributed by atoms with Crippen LogP contribution in [0.15, 0.2) is 48.5 Å². The molecule has 0 aromatic heterocycles. The van der Waals surface area contributed by atoms with Crippen LogP contribution in [0.1, 0.15) is 42.2 Å². The minimum atomic E-state index is -0.647. The average Bonchev–Trinajstić information content (AvgIpc) is 2.66. The molecule has 0 bridgehead atoms. The van der Waals surface area contributed by atoms with E-state index >= 15 is 0 Å². The quantitative estimate of drug-likeness (QED) is 0.412. The van der Waals surface area contributed by atoms with Crippen LogP contribution in [0.4, 0.5) is 5.69 Å². The van der Waals surface area contributed by atoms with Crippen molar-refractivity contribution in [1.82, 2.24) is 5.32 Å². The summed E-state index contributed by atoms with van der Waals surface area (Å²) < 4.78 is 5.33. The van der Waals surface area contributed by atoms with Crippen molar-refractivity contribution >= 4 is 17.9 Å². The maximum atomic E-state index is 12.3. The molecule has 0 aliphatic rings. The number of nitro benzene ring substituents is 1. The van der Waals surface area contributed by atoms with Crippen LogP contribution < -0.4 is 10.1 Å². The average molecular weight is 370 g/mol. The van der Waals surface area contributed by atoms with Crippen molar-refractivity contribution in [2.45, 2.75) is 26.3 Å². The fourth-order valence-corrected chi connectivity index (χ4v) is 2.69. The summed E-state index contributed by atoms with van der Waals surface area (Å²) in [6, 6.07) is 13.3. The van der Waals surface area contributed by atoms with Gasteiger partial charge in [0.05, 0.1) is 11.0 Å². The van der Waals surface area contributed by atoms with Crippen molar-refractivity contribution in [3.63, 3.8) is 0 Å². The third-order valence-electron chi connectivity index (χ3n) is 3.92. The van der Waals surface area contributed by atoms with Crippen LogP contribution in [-0.2, 0) is 4.79 Å². The van der Waals surface area contributed by atoms with E-state index in [1.54, 1.807) is 0 Å². The van der Waals surface area contributed by atoms with Gasteiger partial charge in [0, 0.05) is 11.6 Å². The number of nitrogens with zero attached hydrogens (tertiary/aromatic N) is 1. The van der Waals surface area contributed by atoms with E-state index in [0.717, 1.165) is 18.1 Å². The number of nitro groups is 1. The highest BCUT2D eigenvalue weighted by Gasteiger charge is 2.19. The van der Waals surface area contributed by atoms with E-state index in [2.05, 4.69) is 19.2 Å². The summed E-state index contributed by atoms with van der Waals surface area (Å²) in [6.07, 6.45) is 1.27. The maximum Gasteiger partial charge on any atom is 0.311 e. The third kappa shape index (κ3) is 5.91. The molecule has 27 heavy (non-hydrogen) atoms. The molecule has 0 saturated heterocycles. The van der Waals surface area contributed by atoms with Crippen LogP contribution in [0.3, 0.4) is 0 Å². The predicted molar refractivity (Wildman–Crippen MR) is 101 cm³/mol. The largest absolute Gasteiger partial charge is 0.477 e. The van der Waals surface area contributed by atoms with Gasteiger partial charge in [-0.2, -0.15) is 0 Å². The Hall–Kier alpha value is -3.22. The summed E-state index contributed by atoms with van der Waals surface area (Å²) in [7, 11) is 0. The van der Waals surface area contributed by atoms with Crippen molar-refractivity contribution in [3.05, 3.63) is 69.8 Å². The molecule has 1 N–H and O–H groups in total. The summed E-state index contributed by atoms with van der Waals surface area (Å²) in [6.45, 7) is 3.77. The number of ether oxygens (including phenoxy) is 1. The smallest absolute Gasteiger partial charge is 0.311 e. The topological polar surface area (TPSA) is 98.5 Å². The molecular formula is C20H22N2O5. The Kier molecular flexibility index (Phi) is 7.05. The van der Waals surface area contributed by atoms with E-state index in [-0.39, 0.29) is 35.6 Å². The molecule has 2 rings (SSSR count). The predicted octanol–water partition coefficient (Wildman–Crippen LogP) is 3.69. The molecule has 0 saturated carbocycles. The minimum absolute atomic E-state index is 0.0547. The normalized spacial score (nSPS) is 11.7. The highest BCUT2D eigenvalue weighted by atomic mass is 16.6. The number of hydrogen-bond donors (Lipinski definition) is 1. The van der Waals surface area contributed by atoms with Gasteiger partial charge in [0.25, 0.3) is 5.91 Å². The molecule has 7 heteroatoms. The summed E-state index contributed by atoms with van der Waals surface area (Å²) in [5.41, 5.74) is 0.801. The Labute approximate surface area is 157 Å². The third-order valence-corrected chi connectivity index (χ3v) is 3.92. The number of amides is 1. The summed E-state index contributed by atoms with van der Waals surface area (Å²) >= 11 is 0. The van der Waals surface area contributed by atoms with Gasteiger partial charge in [0.1, 0.15) is 6.29 Å². The molecule has 2 aromatic carbocycles. The number of hydrogen-bond acceptors (Lipinski definition) is 5. The van der Waals surface area contributed by atoms with Crippen molar-refractivity contribution in [2.24, 2.45) is 5.92 Å². The molecule has 0 spiro atoms. The van der Waals surface area contributed by atoms with Crippen LogP contribution in [0.5, 0.6) is 5.75 Å². The van der Waals surface area contributed by atoms with Gasteiger partial charge in [-0.05, 0) is 30.0 Å². The molecule has 0 aliphatic heterocycles. The molecule has 1 amide bonds. The number of rotatable bonds is 9.